The minimum absolute atomic E-state index is 0.202. The van der Waals surface area contributed by atoms with E-state index in [1.807, 2.05) is 6.07 Å². The molecule has 2 aromatic carbocycles. The van der Waals surface area contributed by atoms with Gasteiger partial charge in [0.1, 0.15) is 10.6 Å². The highest BCUT2D eigenvalue weighted by molar-refractivity contribution is 7.90. The Morgan fingerprint density at radius 3 is 2.52 bits per heavy atom. The Kier molecular flexibility index (Phi) is 6.23. The predicted molar refractivity (Wildman–Crippen MR) is 116 cm³/mol. The molecule has 0 aromatic heterocycles. The highest BCUT2D eigenvalue weighted by Gasteiger charge is 2.30. The van der Waals surface area contributed by atoms with E-state index in [0.29, 0.717) is 28.7 Å². The van der Waals surface area contributed by atoms with Gasteiger partial charge in [0.25, 0.3) is 10.0 Å². The van der Waals surface area contributed by atoms with Crippen molar-refractivity contribution in [1.29, 1.82) is 0 Å². The molecule has 0 aliphatic carbocycles. The van der Waals surface area contributed by atoms with Crippen LogP contribution in [-0.4, -0.2) is 45.3 Å². The molecular weight excluding hydrogens is 408 g/mol. The first-order chi connectivity index (χ1) is 14.0. The molecule has 0 bridgehead atoms. The minimum Gasteiger partial charge on any atom is -0.494 e. The first kappa shape index (κ1) is 20.4. The number of sulfonamides is 1. The second-order valence-electron chi connectivity index (χ2n) is 7.54. The molecule has 154 valence electrons. The monoisotopic (exact) mass is 432 g/mol. The van der Waals surface area contributed by atoms with E-state index in [1.165, 1.54) is 32.4 Å². The van der Waals surface area contributed by atoms with Crippen molar-refractivity contribution in [3.8, 4) is 5.75 Å². The van der Waals surface area contributed by atoms with E-state index in [4.69, 9.17) is 16.3 Å². The Balaban J connectivity index is 1.38. The molecule has 0 spiro atoms. The van der Waals surface area contributed by atoms with Gasteiger partial charge in [-0.2, -0.15) is 12.8 Å². The molecule has 7 heteroatoms. The Bertz CT molecular complexity index is 997. The molecule has 2 aromatic rings. The second kappa shape index (κ2) is 8.86. The summed E-state index contributed by atoms with van der Waals surface area (Å²) in [6.45, 7) is 4.11. The van der Waals surface area contributed by atoms with Gasteiger partial charge in [0.05, 0.1) is 12.3 Å². The third-order valence-electron chi connectivity index (χ3n) is 5.40. The number of unbranched alkanes of at least 4 members (excludes halogenated alkanes) is 1. The summed E-state index contributed by atoms with van der Waals surface area (Å²) in [6, 6.07) is 12.2. The maximum atomic E-state index is 12.5. The third kappa shape index (κ3) is 4.82. The van der Waals surface area contributed by atoms with Gasteiger partial charge in [0.2, 0.25) is 0 Å². The number of piperidine rings is 1. The molecule has 1 saturated heterocycles. The zero-order chi connectivity index (χ0) is 20.3. The van der Waals surface area contributed by atoms with Gasteiger partial charge in [-0.05, 0) is 69.6 Å². The zero-order valence-electron chi connectivity index (χ0n) is 16.3. The first-order valence-corrected chi connectivity index (χ1v) is 12.0. The van der Waals surface area contributed by atoms with Gasteiger partial charge in [-0.25, -0.2) is 0 Å². The quantitative estimate of drug-likeness (QED) is 0.603. The minimum atomic E-state index is -3.72. The van der Waals surface area contributed by atoms with Crippen molar-refractivity contribution >= 4 is 27.3 Å². The van der Waals surface area contributed by atoms with E-state index in [1.54, 1.807) is 36.4 Å². The van der Waals surface area contributed by atoms with Crippen LogP contribution in [0.15, 0.2) is 51.8 Å². The predicted octanol–water partition coefficient (Wildman–Crippen LogP) is 4.52. The number of hydrogen-bond donors (Lipinski definition) is 0. The van der Waals surface area contributed by atoms with Gasteiger partial charge in [-0.1, -0.05) is 30.2 Å². The summed E-state index contributed by atoms with van der Waals surface area (Å²) in [7, 11) is -3.72. The summed E-state index contributed by atoms with van der Waals surface area (Å²) < 4.78 is 34.9. The topological polar surface area (TPSA) is 59.0 Å². The van der Waals surface area contributed by atoms with E-state index >= 15 is 0 Å². The Hall–Kier alpha value is -1.89. The van der Waals surface area contributed by atoms with Crippen LogP contribution in [0, 0.1) is 0 Å². The lowest BCUT2D eigenvalue weighted by Crippen LogP contribution is -2.30. The van der Waals surface area contributed by atoms with Gasteiger partial charge in [-0.15, -0.1) is 0 Å². The third-order valence-corrected chi connectivity index (χ3v) is 6.97. The van der Waals surface area contributed by atoms with Crippen LogP contribution >= 0.6 is 11.6 Å². The molecule has 4 rings (SSSR count). The van der Waals surface area contributed by atoms with Crippen LogP contribution in [0.2, 0.25) is 5.02 Å². The maximum absolute atomic E-state index is 12.5. The number of likely N-dealkylation sites (tertiary alicyclic amines) is 1. The van der Waals surface area contributed by atoms with Gasteiger partial charge >= 0.3 is 0 Å². The van der Waals surface area contributed by atoms with Crippen molar-refractivity contribution in [2.24, 2.45) is 4.40 Å². The Morgan fingerprint density at radius 2 is 1.76 bits per heavy atom. The van der Waals surface area contributed by atoms with Crippen LogP contribution in [0.5, 0.6) is 5.75 Å². The molecule has 0 atom stereocenters. The van der Waals surface area contributed by atoms with E-state index in [-0.39, 0.29) is 4.90 Å². The van der Waals surface area contributed by atoms with E-state index in [0.717, 1.165) is 24.9 Å². The number of halogens is 1. The van der Waals surface area contributed by atoms with Gasteiger partial charge in [0.15, 0.2) is 0 Å². The Morgan fingerprint density at radius 1 is 1.00 bits per heavy atom. The Labute approximate surface area is 177 Å². The average Bonchev–Trinajstić information content (AvgIpc) is 3.00. The molecule has 2 heterocycles. The number of nitrogens with zero attached hydrogens (tertiary/aromatic N) is 2. The van der Waals surface area contributed by atoms with E-state index in [2.05, 4.69) is 9.30 Å². The molecule has 2 aliphatic heterocycles. The molecule has 0 amide bonds. The molecule has 0 N–H and O–H groups in total. The van der Waals surface area contributed by atoms with Crippen LogP contribution in [0.4, 0.5) is 0 Å². The average molecular weight is 433 g/mol. The highest BCUT2D eigenvalue weighted by Crippen LogP contribution is 2.32. The van der Waals surface area contributed by atoms with Crippen LogP contribution in [0.1, 0.15) is 43.2 Å². The number of rotatable bonds is 7. The summed E-state index contributed by atoms with van der Waals surface area (Å²) in [6.07, 6.45) is 6.00. The smallest absolute Gasteiger partial charge is 0.283 e. The number of ether oxygens (including phenoxy) is 1. The molecule has 0 unspecified atom stereocenters. The zero-order valence-corrected chi connectivity index (χ0v) is 17.9. The first-order valence-electron chi connectivity index (χ1n) is 10.1. The lowest BCUT2D eigenvalue weighted by molar-refractivity contribution is 0.216. The van der Waals surface area contributed by atoms with Gasteiger partial charge < -0.3 is 9.64 Å². The van der Waals surface area contributed by atoms with Crippen LogP contribution < -0.4 is 4.74 Å². The maximum Gasteiger partial charge on any atom is 0.283 e. The summed E-state index contributed by atoms with van der Waals surface area (Å²) in [5, 5.41) is 0.597. The summed E-state index contributed by atoms with van der Waals surface area (Å²) in [5.41, 5.74) is 1.78. The normalized spacial score (nSPS) is 18.3. The van der Waals surface area contributed by atoms with Crippen LogP contribution in [-0.2, 0) is 10.0 Å². The number of hydrogen-bond acceptors (Lipinski definition) is 4. The fourth-order valence-electron chi connectivity index (χ4n) is 3.85. The van der Waals surface area contributed by atoms with Crippen molar-refractivity contribution in [3.05, 3.63) is 58.6 Å². The largest absolute Gasteiger partial charge is 0.494 e. The van der Waals surface area contributed by atoms with Crippen LogP contribution in [0.25, 0.3) is 0 Å². The standard InChI is InChI=1S/C22H25ClN2O3S/c23-18-8-6-17(7-9-18)22-20-11-10-19(16-21(20)29(26,27)24-22)28-15-5-4-14-25-12-2-1-3-13-25/h6-11,16H,1-5,12-15H2. The molecule has 0 saturated carbocycles. The lowest BCUT2D eigenvalue weighted by Gasteiger charge is -2.26. The van der Waals surface area contributed by atoms with Crippen molar-refractivity contribution in [2.45, 2.75) is 37.0 Å². The molecule has 29 heavy (non-hydrogen) atoms. The highest BCUT2D eigenvalue weighted by atomic mass is 35.5. The van der Waals surface area contributed by atoms with Crippen molar-refractivity contribution in [1.82, 2.24) is 4.90 Å². The van der Waals surface area contributed by atoms with Crippen molar-refractivity contribution in [3.63, 3.8) is 0 Å². The van der Waals surface area contributed by atoms with E-state index in [9.17, 15) is 8.42 Å². The van der Waals surface area contributed by atoms with E-state index < -0.39 is 10.0 Å². The number of fused-ring (bicyclic) bond motifs is 1. The number of benzene rings is 2. The summed E-state index contributed by atoms with van der Waals surface area (Å²) >= 11 is 5.93. The summed E-state index contributed by atoms with van der Waals surface area (Å²) in [5.74, 6) is 0.567. The molecule has 5 nitrogen and oxygen atoms in total. The fourth-order valence-corrected chi connectivity index (χ4v) is 5.22. The van der Waals surface area contributed by atoms with Crippen molar-refractivity contribution in [2.75, 3.05) is 26.2 Å². The molecule has 2 aliphatic rings. The fraction of sp³-hybridized carbons (Fsp3) is 0.409. The van der Waals surface area contributed by atoms with Gasteiger partial charge in [-0.3, -0.25) is 0 Å². The lowest BCUT2D eigenvalue weighted by atomic mass is 10.0. The van der Waals surface area contributed by atoms with Crippen molar-refractivity contribution < 1.29 is 13.2 Å². The molecule has 0 radical (unpaired) electrons. The molecular formula is C22H25ClN2O3S. The summed E-state index contributed by atoms with van der Waals surface area (Å²) in [4.78, 5) is 2.72. The second-order valence-corrected chi connectivity index (χ2v) is 9.55. The SMILES string of the molecule is O=S1(=O)N=C(c2ccc(Cl)cc2)c2ccc(OCCCCN3CCCCC3)cc21. The molecule has 1 fully saturated rings. The van der Waals surface area contributed by atoms with Gasteiger partial charge in [0, 0.05) is 22.2 Å². The van der Waals surface area contributed by atoms with Crippen LogP contribution in [0.3, 0.4) is 0 Å².